The lowest BCUT2D eigenvalue weighted by molar-refractivity contribution is 0.0664. The van der Waals surface area contributed by atoms with Gasteiger partial charge in [0.2, 0.25) is 0 Å². The van der Waals surface area contributed by atoms with Gasteiger partial charge in [-0.15, -0.1) is 0 Å². The first-order valence-electron chi connectivity index (χ1n) is 9.37. The van der Waals surface area contributed by atoms with E-state index in [1.807, 2.05) is 6.92 Å². The SMILES string of the molecule is CC(C)(C)[Si](C)(C)Cl.CC(O)CO.COC(C)CO[Si](C)(C)C(C)(C)C. The van der Waals surface area contributed by atoms with E-state index >= 15 is 0 Å². The predicted octanol–water partition coefficient (Wildman–Crippen LogP) is 5.63. The van der Waals surface area contributed by atoms with Gasteiger partial charge in [0.05, 0.1) is 25.4 Å². The summed E-state index contributed by atoms with van der Waals surface area (Å²) in [5, 5.41) is 16.6. The molecule has 0 saturated carbocycles. The lowest BCUT2D eigenvalue weighted by Crippen LogP contribution is -2.42. The van der Waals surface area contributed by atoms with Crippen molar-refractivity contribution in [3.05, 3.63) is 0 Å². The van der Waals surface area contributed by atoms with Crippen molar-refractivity contribution in [3.8, 4) is 0 Å². The first-order valence-corrected chi connectivity index (χ1v) is 16.3. The quantitative estimate of drug-likeness (QED) is 0.438. The van der Waals surface area contributed by atoms with E-state index in [1.165, 1.54) is 6.92 Å². The Labute approximate surface area is 170 Å². The van der Waals surface area contributed by atoms with Crippen LogP contribution in [0.3, 0.4) is 0 Å². The molecule has 2 N–H and O–H groups in total. The summed E-state index contributed by atoms with van der Waals surface area (Å²) in [5.74, 6) is 0. The fourth-order valence-electron chi connectivity index (χ4n) is 0.610. The normalized spacial score (nSPS) is 15.2. The lowest BCUT2D eigenvalue weighted by atomic mass is 10.2. The number of aliphatic hydroxyl groups is 2. The molecule has 7 heteroatoms. The molecule has 0 rings (SSSR count). The zero-order valence-electron chi connectivity index (χ0n) is 19.7. The molecule has 0 aromatic rings. The molecule has 0 radical (unpaired) electrons. The third kappa shape index (κ3) is 16.7. The molecule has 4 nitrogen and oxygen atoms in total. The number of hydrogen-bond acceptors (Lipinski definition) is 4. The minimum absolute atomic E-state index is 0.139. The largest absolute Gasteiger partial charge is 0.414 e. The molecule has 162 valence electrons. The minimum atomic E-state index is -1.56. The van der Waals surface area contributed by atoms with Gasteiger partial charge in [-0.3, -0.25) is 0 Å². The van der Waals surface area contributed by atoms with Gasteiger partial charge < -0.3 is 19.4 Å². The molecule has 0 aliphatic heterocycles. The van der Waals surface area contributed by atoms with E-state index in [1.54, 1.807) is 7.11 Å². The topological polar surface area (TPSA) is 58.9 Å². The number of methoxy groups -OCH3 is 1. The molecule has 0 aromatic carbocycles. The summed E-state index contributed by atoms with van der Waals surface area (Å²) in [6, 6.07) is 0. The average molecular weight is 431 g/mol. The third-order valence-electron chi connectivity index (χ3n) is 4.94. The first kappa shape index (κ1) is 31.3. The summed E-state index contributed by atoms with van der Waals surface area (Å²) in [7, 11) is -1.23. The van der Waals surface area contributed by atoms with Crippen LogP contribution in [0.2, 0.25) is 36.3 Å². The third-order valence-corrected chi connectivity index (χ3v) is 14.7. The maximum Gasteiger partial charge on any atom is 0.192 e. The fourth-order valence-corrected chi connectivity index (χ4v) is 1.69. The Bertz CT molecular complexity index is 331. The Balaban J connectivity index is -0.000000346. The number of aliphatic hydroxyl groups excluding tert-OH is 2. The molecular formula is C19H47ClO4Si2. The smallest absolute Gasteiger partial charge is 0.192 e. The Kier molecular flexibility index (Phi) is 15.5. The van der Waals surface area contributed by atoms with Gasteiger partial charge in [-0.1, -0.05) is 54.6 Å². The minimum Gasteiger partial charge on any atom is -0.414 e. The van der Waals surface area contributed by atoms with Crippen molar-refractivity contribution in [3.63, 3.8) is 0 Å². The van der Waals surface area contributed by atoms with E-state index < -0.39 is 21.8 Å². The van der Waals surface area contributed by atoms with Crippen molar-refractivity contribution in [1.29, 1.82) is 0 Å². The van der Waals surface area contributed by atoms with E-state index in [9.17, 15) is 0 Å². The van der Waals surface area contributed by atoms with Crippen molar-refractivity contribution in [2.45, 2.75) is 104 Å². The first-order chi connectivity index (χ1) is 11.2. The standard InChI is InChI=1S/C10H24O2Si.C6H15ClSi.C3H8O2/c1-9(11-5)8-12-13(6,7)10(2,3)4;1-6(2,3)8(4,5)7;1-3(5)2-4/h9H,8H2,1-7H3;1-5H3;3-5H,2H2,1H3. The molecule has 2 atom stereocenters. The fraction of sp³-hybridized carbons (Fsp3) is 1.00. The van der Waals surface area contributed by atoms with E-state index in [0.717, 1.165) is 0 Å². The molecule has 2 unspecified atom stereocenters. The molecule has 0 spiro atoms. The van der Waals surface area contributed by atoms with Crippen LogP contribution in [-0.4, -0.2) is 58.4 Å². The Morgan fingerprint density at radius 3 is 1.38 bits per heavy atom. The van der Waals surface area contributed by atoms with Crippen LogP contribution in [0.5, 0.6) is 0 Å². The molecule has 0 amide bonds. The van der Waals surface area contributed by atoms with Gasteiger partial charge in [0.25, 0.3) is 0 Å². The van der Waals surface area contributed by atoms with Crippen molar-refractivity contribution in [1.82, 2.24) is 0 Å². The molecule has 0 fully saturated rings. The molecule has 0 aromatic heterocycles. The van der Waals surface area contributed by atoms with Crippen LogP contribution in [-0.2, 0) is 9.16 Å². The molecular weight excluding hydrogens is 384 g/mol. The maximum absolute atomic E-state index is 8.11. The van der Waals surface area contributed by atoms with Crippen molar-refractivity contribution < 1.29 is 19.4 Å². The van der Waals surface area contributed by atoms with E-state index in [-0.39, 0.29) is 12.7 Å². The van der Waals surface area contributed by atoms with Gasteiger partial charge >= 0.3 is 0 Å². The van der Waals surface area contributed by atoms with Crippen molar-refractivity contribution in [2.75, 3.05) is 20.3 Å². The van der Waals surface area contributed by atoms with Gasteiger partial charge in [0.1, 0.15) is 0 Å². The second-order valence-electron chi connectivity index (χ2n) is 9.87. The molecule has 0 aliphatic carbocycles. The highest BCUT2D eigenvalue weighted by Gasteiger charge is 2.37. The van der Waals surface area contributed by atoms with Crippen LogP contribution >= 0.6 is 11.1 Å². The van der Waals surface area contributed by atoms with Crippen molar-refractivity contribution >= 4 is 26.8 Å². The molecule has 0 heterocycles. The second-order valence-corrected chi connectivity index (χ2v) is 22.0. The highest BCUT2D eigenvalue weighted by Crippen LogP contribution is 2.38. The highest BCUT2D eigenvalue weighted by atomic mass is 35.6. The molecule has 0 bridgehead atoms. The van der Waals surface area contributed by atoms with E-state index in [2.05, 4.69) is 67.7 Å². The Morgan fingerprint density at radius 2 is 1.23 bits per heavy atom. The number of rotatable bonds is 5. The zero-order valence-corrected chi connectivity index (χ0v) is 22.4. The summed E-state index contributed by atoms with van der Waals surface area (Å²) in [5.41, 5.74) is 0. The maximum atomic E-state index is 8.11. The van der Waals surface area contributed by atoms with Gasteiger partial charge in [0.15, 0.2) is 15.7 Å². The predicted molar refractivity (Wildman–Crippen MR) is 121 cm³/mol. The monoisotopic (exact) mass is 430 g/mol. The summed E-state index contributed by atoms with van der Waals surface area (Å²) >= 11 is 6.15. The van der Waals surface area contributed by atoms with E-state index in [4.69, 9.17) is 30.5 Å². The number of halogens is 1. The Morgan fingerprint density at radius 1 is 0.923 bits per heavy atom. The summed E-state index contributed by atoms with van der Waals surface area (Å²) in [6.45, 7) is 26.3. The van der Waals surface area contributed by atoms with Crippen LogP contribution in [0.25, 0.3) is 0 Å². The van der Waals surface area contributed by atoms with E-state index in [0.29, 0.717) is 16.7 Å². The van der Waals surface area contributed by atoms with Crippen LogP contribution in [0, 0.1) is 0 Å². The zero-order chi connectivity index (χ0) is 22.0. The second kappa shape index (κ2) is 12.9. The lowest BCUT2D eigenvalue weighted by Gasteiger charge is -2.36. The van der Waals surface area contributed by atoms with Gasteiger partial charge in [-0.2, -0.15) is 11.1 Å². The number of hydrogen-bond donors (Lipinski definition) is 2. The molecule has 26 heavy (non-hydrogen) atoms. The van der Waals surface area contributed by atoms with Crippen LogP contribution in [0.1, 0.15) is 55.4 Å². The number of ether oxygens (including phenoxy) is 1. The molecule has 0 aliphatic rings. The van der Waals surface area contributed by atoms with Gasteiger partial charge in [0, 0.05) is 7.11 Å². The summed E-state index contributed by atoms with van der Waals surface area (Å²) in [6.07, 6.45) is -0.357. The van der Waals surface area contributed by atoms with Gasteiger partial charge in [-0.25, -0.2) is 0 Å². The Hall–Kier alpha value is 0.564. The average Bonchev–Trinajstić information content (AvgIpc) is 2.42. The van der Waals surface area contributed by atoms with Crippen LogP contribution in [0.15, 0.2) is 0 Å². The molecule has 0 saturated heterocycles. The van der Waals surface area contributed by atoms with Crippen molar-refractivity contribution in [2.24, 2.45) is 0 Å². The summed E-state index contributed by atoms with van der Waals surface area (Å²) < 4.78 is 11.1. The van der Waals surface area contributed by atoms with Crippen LogP contribution in [0.4, 0.5) is 0 Å². The van der Waals surface area contributed by atoms with Gasteiger partial charge in [-0.05, 0) is 37.0 Å². The van der Waals surface area contributed by atoms with Crippen LogP contribution < -0.4 is 0 Å². The summed E-state index contributed by atoms with van der Waals surface area (Å²) in [4.78, 5) is 0. The highest BCUT2D eigenvalue weighted by molar-refractivity contribution is 7.20.